The van der Waals surface area contributed by atoms with Crippen LogP contribution in [0.15, 0.2) is 154 Å². The summed E-state index contributed by atoms with van der Waals surface area (Å²) in [6, 6.07) is 37.0. The second kappa shape index (κ2) is 21.5. The van der Waals surface area contributed by atoms with Crippen LogP contribution in [-0.2, 0) is 79.7 Å². The Labute approximate surface area is 437 Å². The summed E-state index contributed by atoms with van der Waals surface area (Å²) in [6.45, 7) is 1.03. The fourth-order valence-electron chi connectivity index (χ4n) is 7.62. The maximum atomic E-state index is 14.8. The zero-order chi connectivity index (χ0) is 53.7. The maximum Gasteiger partial charge on any atom is 0.424 e. The van der Waals surface area contributed by atoms with Crippen LogP contribution in [0, 0.1) is 22.7 Å². The van der Waals surface area contributed by atoms with E-state index < -0.39 is 106 Å². The molecule has 0 aliphatic carbocycles. The van der Waals surface area contributed by atoms with Crippen molar-refractivity contribution in [3.05, 3.63) is 172 Å². The summed E-state index contributed by atoms with van der Waals surface area (Å²) in [7, 11) is 0. The molecule has 0 fully saturated rings. The summed E-state index contributed by atoms with van der Waals surface area (Å²) in [6.07, 6.45) is -2.81. The van der Waals surface area contributed by atoms with E-state index in [0.717, 1.165) is 0 Å². The number of fused-ring (bicyclic) bond motifs is 3. The van der Waals surface area contributed by atoms with E-state index >= 15 is 0 Å². The number of aromatic nitrogens is 2. The number of nitriles is 2. The number of imide groups is 6. The molecule has 76 heavy (non-hydrogen) atoms. The second-order valence-corrected chi connectivity index (χ2v) is 18.3. The van der Waals surface area contributed by atoms with Crippen LogP contribution in [0.5, 0.6) is 5.88 Å². The van der Waals surface area contributed by atoms with Crippen LogP contribution >= 0.6 is 22.7 Å². The number of hydrogen-bond donors (Lipinski definition) is 0. The van der Waals surface area contributed by atoms with Gasteiger partial charge in [-0.05, 0) is 36.1 Å². The van der Waals surface area contributed by atoms with Crippen LogP contribution in [0.1, 0.15) is 41.8 Å². The molecule has 0 N–H and O–H groups in total. The zero-order valence-electron chi connectivity index (χ0n) is 39.6. The van der Waals surface area contributed by atoms with Gasteiger partial charge in [0.25, 0.3) is 23.6 Å². The van der Waals surface area contributed by atoms with Gasteiger partial charge >= 0.3 is 29.7 Å². The first-order chi connectivity index (χ1) is 36.7. The molecule has 376 valence electrons. The molecule has 6 aromatic rings. The third-order valence-corrected chi connectivity index (χ3v) is 13.6. The number of aliphatic imine (C=N–C) groups is 2. The van der Waals surface area contributed by atoms with Crippen LogP contribution in [0.2, 0.25) is 0 Å². The molecule has 0 radical (unpaired) electrons. The van der Waals surface area contributed by atoms with Crippen molar-refractivity contribution in [3.63, 3.8) is 0 Å². The van der Waals surface area contributed by atoms with Crippen LogP contribution < -0.4 is 4.74 Å². The Morgan fingerprint density at radius 2 is 0.895 bits per heavy atom. The lowest BCUT2D eigenvalue weighted by Crippen LogP contribution is -2.52. The highest BCUT2D eigenvalue weighted by molar-refractivity contribution is 7.25. The van der Waals surface area contributed by atoms with Gasteiger partial charge in [-0.15, -0.1) is 0 Å². The highest BCUT2D eigenvalue weighted by atomic mass is 32.1. The van der Waals surface area contributed by atoms with Gasteiger partial charge < -0.3 is 23.7 Å². The molecule has 0 spiro atoms. The van der Waals surface area contributed by atoms with Crippen molar-refractivity contribution >= 4 is 92.1 Å². The number of rotatable bonds is 12. The van der Waals surface area contributed by atoms with E-state index in [1.807, 2.05) is 0 Å². The number of amides is 6. The number of ether oxygens (including phenoxy) is 5. The van der Waals surface area contributed by atoms with Crippen LogP contribution in [-0.4, -0.2) is 78.9 Å². The fourth-order valence-corrected chi connectivity index (χ4v) is 9.61. The van der Waals surface area contributed by atoms with Gasteiger partial charge in [0.15, 0.2) is 0 Å². The van der Waals surface area contributed by atoms with Crippen molar-refractivity contribution < 1.29 is 62.0 Å². The topological polar surface area (TPSA) is 287 Å². The molecule has 2 aromatic heterocycles. The summed E-state index contributed by atoms with van der Waals surface area (Å²) < 4.78 is 28.4. The van der Waals surface area contributed by atoms with Gasteiger partial charge in [-0.1, -0.05) is 144 Å². The average Bonchev–Trinajstić information content (AvgIpc) is 4.10. The number of carbonyl (C=O) groups is 8. The second-order valence-electron chi connectivity index (χ2n) is 16.3. The summed E-state index contributed by atoms with van der Waals surface area (Å²) in [5.74, 6) is -8.30. The molecule has 6 amide bonds. The molecule has 0 atom stereocenters. The van der Waals surface area contributed by atoms with E-state index in [-0.39, 0.29) is 49.0 Å². The smallest absolute Gasteiger partial charge is 0.424 e. The van der Waals surface area contributed by atoms with Gasteiger partial charge in [0.05, 0.1) is 4.88 Å². The number of benzene rings is 4. The minimum atomic E-state index is -2.97. The third kappa shape index (κ3) is 9.77. The molecule has 0 saturated heterocycles. The van der Waals surface area contributed by atoms with Crippen molar-refractivity contribution in [3.8, 4) is 27.8 Å². The molecule has 0 unspecified atom stereocenters. The number of esters is 2. The van der Waals surface area contributed by atoms with Gasteiger partial charge in [-0.25, -0.2) is 34.1 Å². The predicted molar refractivity (Wildman–Crippen MR) is 266 cm³/mol. The van der Waals surface area contributed by atoms with E-state index in [2.05, 4.69) is 20.0 Å². The normalized spacial score (nSPS) is 15.8. The molecule has 3 aliphatic rings. The van der Waals surface area contributed by atoms with Crippen molar-refractivity contribution in [2.24, 2.45) is 9.98 Å². The lowest BCUT2D eigenvalue weighted by Gasteiger charge is -2.31. The Morgan fingerprint density at radius 1 is 0.539 bits per heavy atom. The number of carbonyl (C=O) groups excluding carboxylic acids is 8. The molecular weight excluding hydrogens is 1020 g/mol. The van der Waals surface area contributed by atoms with E-state index in [1.54, 1.807) is 133 Å². The Balaban J connectivity index is 1.16. The number of thiazole rings is 2. The summed E-state index contributed by atoms with van der Waals surface area (Å²) in [5, 5.41) is 19.4. The average molecular weight is 1060 g/mol. The first kappa shape index (κ1) is 50.8. The van der Waals surface area contributed by atoms with Crippen molar-refractivity contribution in [2.75, 3.05) is 0 Å². The number of hydrogen-bond acceptors (Lipinski definition) is 21. The van der Waals surface area contributed by atoms with Crippen LogP contribution in [0.25, 0.3) is 9.75 Å². The summed E-state index contributed by atoms with van der Waals surface area (Å²) in [4.78, 5) is 130. The first-order valence-electron chi connectivity index (χ1n) is 22.5. The lowest BCUT2D eigenvalue weighted by molar-refractivity contribution is -0.184. The summed E-state index contributed by atoms with van der Waals surface area (Å²) in [5.41, 5.74) is -4.35. The minimum Gasteiger partial charge on any atom is -0.457 e. The van der Waals surface area contributed by atoms with Crippen LogP contribution in [0.3, 0.4) is 0 Å². The Bertz CT molecular complexity index is 3580. The molecule has 0 bridgehead atoms. The monoisotopic (exact) mass is 1050 g/mol. The highest BCUT2D eigenvalue weighted by Crippen LogP contribution is 2.54. The molecule has 4 aromatic carbocycles. The van der Waals surface area contributed by atoms with Crippen molar-refractivity contribution in [2.45, 2.75) is 45.9 Å². The van der Waals surface area contributed by atoms with E-state index in [1.165, 1.54) is 13.8 Å². The molecular formula is C53H34N8O13S2. The first-order valence-corrected chi connectivity index (χ1v) is 24.1. The minimum absolute atomic E-state index is 0.00230. The Hall–Kier alpha value is -10.1. The largest absolute Gasteiger partial charge is 0.457 e. The van der Waals surface area contributed by atoms with E-state index in [4.69, 9.17) is 23.7 Å². The molecule has 23 heteroatoms. The SMILES string of the molecule is CC1=C(C#N)C(=O)N(C(=O)OCc2ccccc2)C(=O)C1=Nc1nc2c(s1)-c1sc(N=C3C(=O)N(C(=O)OCc4ccccc4)C(=O)C(C#N)=C3C)nc1C(C(=O)OCc1ccccc1)(C(=O)OCc1ccccc1)O2. The lowest BCUT2D eigenvalue weighted by atomic mass is 9.95. The third-order valence-electron chi connectivity index (χ3n) is 11.5. The van der Waals surface area contributed by atoms with Gasteiger partial charge in [0.1, 0.15) is 71.7 Å². The summed E-state index contributed by atoms with van der Waals surface area (Å²) >= 11 is 1.36. The van der Waals surface area contributed by atoms with Gasteiger partial charge in [0.2, 0.25) is 16.1 Å². The molecule has 3 aliphatic heterocycles. The Kier molecular flexibility index (Phi) is 14.4. The molecule has 21 nitrogen and oxygen atoms in total. The van der Waals surface area contributed by atoms with E-state index in [0.29, 0.717) is 44.9 Å². The van der Waals surface area contributed by atoms with Crippen molar-refractivity contribution in [1.29, 1.82) is 10.5 Å². The molecule has 9 rings (SSSR count). The van der Waals surface area contributed by atoms with Gasteiger partial charge in [0, 0.05) is 11.1 Å². The Morgan fingerprint density at radius 3 is 1.28 bits per heavy atom. The number of nitrogens with zero attached hydrogens (tertiary/aromatic N) is 8. The van der Waals surface area contributed by atoms with Crippen molar-refractivity contribution in [1.82, 2.24) is 19.8 Å². The van der Waals surface area contributed by atoms with Gasteiger partial charge in [-0.2, -0.15) is 25.3 Å². The predicted octanol–water partition coefficient (Wildman–Crippen LogP) is 7.58. The zero-order valence-corrected chi connectivity index (χ0v) is 41.2. The highest BCUT2D eigenvalue weighted by Gasteiger charge is 2.61. The fraction of sp³-hybridized carbons (Fsp3) is 0.132. The van der Waals surface area contributed by atoms with Gasteiger partial charge in [-0.3, -0.25) is 19.2 Å². The quantitative estimate of drug-likeness (QED) is 0.0494. The van der Waals surface area contributed by atoms with Crippen LogP contribution in [0.4, 0.5) is 19.9 Å². The maximum absolute atomic E-state index is 14.8. The molecule has 5 heterocycles. The molecule has 0 saturated carbocycles. The van der Waals surface area contributed by atoms with E-state index in [9.17, 15) is 48.9 Å². The standard InChI is InChI=1S/C53H34N8O13S2/c1-29-35(23-54)43(62)60(51(68)72-27-33-19-11-5-12-20-33)45(64)37(29)56-49-58-41-39(75-49)40-42(74-53(41,47(66)70-25-31-15-7-3-8-16-31)48(67)71-26-32-17-9-4-10-18-32)59-50(76-40)57-38-30(2)36(24-55)44(63)61(46(38)65)52(69)73-28-34-21-13-6-14-22-34/h3-22H,25-28H2,1-2H3.